The highest BCUT2D eigenvalue weighted by Crippen LogP contribution is 2.15. The first-order chi connectivity index (χ1) is 9.99. The van der Waals surface area contributed by atoms with E-state index in [-0.39, 0.29) is 5.69 Å². The third-order valence-electron chi connectivity index (χ3n) is 2.54. The zero-order valence-corrected chi connectivity index (χ0v) is 13.1. The number of nitrogens with zero attached hydrogens (tertiary/aromatic N) is 1. The second-order valence-corrected chi connectivity index (χ2v) is 5.42. The number of nitro benzene ring substituents is 1. The van der Waals surface area contributed by atoms with Crippen LogP contribution in [-0.2, 0) is 4.74 Å². The van der Waals surface area contributed by atoms with Crippen molar-refractivity contribution >= 4 is 28.7 Å². The molecule has 0 fully saturated rings. The maximum Gasteiger partial charge on any atom is 0.269 e. The summed E-state index contributed by atoms with van der Waals surface area (Å²) in [6.45, 7) is 6.41. The molecule has 0 aromatic heterocycles. The molecule has 1 rings (SSSR count). The van der Waals surface area contributed by atoms with Crippen LogP contribution in [0, 0.1) is 16.0 Å². The summed E-state index contributed by atoms with van der Waals surface area (Å²) in [5.74, 6) is 0.544. The van der Waals surface area contributed by atoms with Crippen LogP contribution in [0.25, 0.3) is 0 Å². The van der Waals surface area contributed by atoms with Crippen LogP contribution in [-0.4, -0.2) is 29.8 Å². The summed E-state index contributed by atoms with van der Waals surface area (Å²) >= 11 is 5.14. The van der Waals surface area contributed by atoms with E-state index >= 15 is 0 Å². The second-order valence-electron chi connectivity index (χ2n) is 5.01. The van der Waals surface area contributed by atoms with Crippen molar-refractivity contribution in [2.24, 2.45) is 5.92 Å². The number of anilines is 1. The van der Waals surface area contributed by atoms with E-state index in [9.17, 15) is 10.1 Å². The van der Waals surface area contributed by atoms with Gasteiger partial charge in [0, 0.05) is 37.6 Å². The first-order valence-electron chi connectivity index (χ1n) is 6.86. The highest BCUT2D eigenvalue weighted by Gasteiger charge is 2.04. The molecule has 6 nitrogen and oxygen atoms in total. The van der Waals surface area contributed by atoms with Crippen LogP contribution in [0.2, 0.25) is 0 Å². The van der Waals surface area contributed by atoms with Crippen LogP contribution in [0.15, 0.2) is 24.3 Å². The minimum absolute atomic E-state index is 0.0572. The molecule has 1 aromatic rings. The molecule has 21 heavy (non-hydrogen) atoms. The first kappa shape index (κ1) is 17.3. The summed E-state index contributed by atoms with van der Waals surface area (Å²) in [7, 11) is 0. The lowest BCUT2D eigenvalue weighted by Crippen LogP contribution is -2.29. The number of hydrogen-bond donors (Lipinski definition) is 2. The summed E-state index contributed by atoms with van der Waals surface area (Å²) in [4.78, 5) is 10.1. The number of rotatable bonds is 8. The Morgan fingerprint density at radius 1 is 1.38 bits per heavy atom. The maximum absolute atomic E-state index is 10.5. The van der Waals surface area contributed by atoms with Gasteiger partial charge < -0.3 is 15.4 Å². The Balaban J connectivity index is 2.20. The fourth-order valence-electron chi connectivity index (χ4n) is 1.54. The predicted octanol–water partition coefficient (Wildman–Crippen LogP) is 2.94. The van der Waals surface area contributed by atoms with Crippen molar-refractivity contribution in [1.29, 1.82) is 0 Å². The topological polar surface area (TPSA) is 76.4 Å². The summed E-state index contributed by atoms with van der Waals surface area (Å²) in [6, 6.07) is 6.12. The minimum atomic E-state index is -0.433. The van der Waals surface area contributed by atoms with E-state index in [1.807, 2.05) is 0 Å². The minimum Gasteiger partial charge on any atom is -0.381 e. The molecule has 0 bridgehead atoms. The number of nitrogens with one attached hydrogen (secondary N) is 2. The molecule has 0 saturated carbocycles. The summed E-state index contributed by atoms with van der Waals surface area (Å²) in [5.41, 5.74) is 0.774. The molecule has 2 N–H and O–H groups in total. The van der Waals surface area contributed by atoms with Crippen LogP contribution in [0.1, 0.15) is 20.3 Å². The van der Waals surface area contributed by atoms with E-state index in [4.69, 9.17) is 17.0 Å². The number of hydrogen-bond acceptors (Lipinski definition) is 4. The fourth-order valence-corrected chi connectivity index (χ4v) is 1.76. The van der Waals surface area contributed by atoms with Crippen molar-refractivity contribution in [1.82, 2.24) is 5.32 Å². The van der Waals surface area contributed by atoms with Gasteiger partial charge in [0.05, 0.1) is 4.92 Å². The van der Waals surface area contributed by atoms with Crippen molar-refractivity contribution in [3.8, 4) is 0 Å². The van der Waals surface area contributed by atoms with Gasteiger partial charge in [-0.3, -0.25) is 10.1 Å². The lowest BCUT2D eigenvalue weighted by molar-refractivity contribution is -0.384. The van der Waals surface area contributed by atoms with Gasteiger partial charge >= 0.3 is 0 Å². The van der Waals surface area contributed by atoms with Crippen LogP contribution in [0.5, 0.6) is 0 Å². The van der Waals surface area contributed by atoms with Crippen molar-refractivity contribution in [2.45, 2.75) is 20.3 Å². The molecule has 0 spiro atoms. The summed E-state index contributed by atoms with van der Waals surface area (Å²) in [5, 5.41) is 17.1. The van der Waals surface area contributed by atoms with Gasteiger partial charge in [0.15, 0.2) is 5.11 Å². The van der Waals surface area contributed by atoms with Crippen LogP contribution < -0.4 is 10.6 Å². The van der Waals surface area contributed by atoms with Crippen LogP contribution in [0.3, 0.4) is 0 Å². The average Bonchev–Trinajstić information content (AvgIpc) is 2.43. The number of benzene rings is 1. The zero-order chi connectivity index (χ0) is 15.7. The molecule has 0 aliphatic carbocycles. The standard InChI is InChI=1S/C14H21N3O3S/c1-11(2)10-20-9-3-8-15-14(21)16-12-4-6-13(7-5-12)17(18)19/h4-7,11H,3,8-10H2,1-2H3,(H2,15,16,21). The van der Waals surface area contributed by atoms with Gasteiger partial charge in [-0.2, -0.15) is 0 Å². The molecule has 0 aliphatic rings. The average molecular weight is 311 g/mol. The first-order valence-corrected chi connectivity index (χ1v) is 7.27. The number of non-ortho nitro benzene ring substituents is 1. The molecule has 0 amide bonds. The Labute approximate surface area is 130 Å². The molecule has 0 atom stereocenters. The van der Waals surface area contributed by atoms with Gasteiger partial charge in [0.2, 0.25) is 0 Å². The highest BCUT2D eigenvalue weighted by molar-refractivity contribution is 7.80. The van der Waals surface area contributed by atoms with Gasteiger partial charge in [-0.05, 0) is 36.7 Å². The molecule has 116 valence electrons. The van der Waals surface area contributed by atoms with Crippen molar-refractivity contribution in [3.63, 3.8) is 0 Å². The number of thiocarbonyl (C=S) groups is 1. The Kier molecular flexibility index (Phi) is 7.63. The Bertz CT molecular complexity index is 463. The van der Waals surface area contributed by atoms with E-state index in [0.717, 1.165) is 19.6 Å². The molecule has 0 unspecified atom stereocenters. The molecule has 1 aromatic carbocycles. The van der Waals surface area contributed by atoms with Crippen molar-refractivity contribution < 1.29 is 9.66 Å². The third kappa shape index (κ3) is 7.57. The van der Waals surface area contributed by atoms with Crippen molar-refractivity contribution in [2.75, 3.05) is 25.1 Å². The maximum atomic E-state index is 10.5. The largest absolute Gasteiger partial charge is 0.381 e. The Morgan fingerprint density at radius 2 is 2.05 bits per heavy atom. The molecule has 0 radical (unpaired) electrons. The second kappa shape index (κ2) is 9.25. The molecule has 0 heterocycles. The highest BCUT2D eigenvalue weighted by atomic mass is 32.1. The monoisotopic (exact) mass is 311 g/mol. The lowest BCUT2D eigenvalue weighted by atomic mass is 10.2. The SMILES string of the molecule is CC(C)COCCCNC(=S)Nc1ccc([N+](=O)[O-])cc1. The normalized spacial score (nSPS) is 10.4. The van der Waals surface area contributed by atoms with Crippen LogP contribution >= 0.6 is 12.2 Å². The van der Waals surface area contributed by atoms with E-state index in [2.05, 4.69) is 24.5 Å². The smallest absolute Gasteiger partial charge is 0.269 e. The lowest BCUT2D eigenvalue weighted by Gasteiger charge is -2.11. The molecule has 0 aliphatic heterocycles. The van der Waals surface area contributed by atoms with E-state index < -0.39 is 4.92 Å². The van der Waals surface area contributed by atoms with E-state index in [0.29, 0.717) is 23.3 Å². The summed E-state index contributed by atoms with van der Waals surface area (Å²) in [6.07, 6.45) is 0.870. The number of nitro groups is 1. The van der Waals surface area contributed by atoms with E-state index in [1.165, 1.54) is 12.1 Å². The third-order valence-corrected chi connectivity index (χ3v) is 2.78. The Morgan fingerprint density at radius 3 is 2.62 bits per heavy atom. The molecular weight excluding hydrogens is 290 g/mol. The molecule has 7 heteroatoms. The van der Waals surface area contributed by atoms with Gasteiger partial charge in [0.25, 0.3) is 5.69 Å². The van der Waals surface area contributed by atoms with E-state index in [1.54, 1.807) is 12.1 Å². The zero-order valence-electron chi connectivity index (χ0n) is 12.3. The predicted molar refractivity (Wildman–Crippen MR) is 87.6 cm³/mol. The van der Waals surface area contributed by atoms with Gasteiger partial charge in [0.1, 0.15) is 0 Å². The molecule has 0 saturated heterocycles. The van der Waals surface area contributed by atoms with Gasteiger partial charge in [-0.1, -0.05) is 13.8 Å². The van der Waals surface area contributed by atoms with Gasteiger partial charge in [-0.15, -0.1) is 0 Å². The van der Waals surface area contributed by atoms with Crippen LogP contribution in [0.4, 0.5) is 11.4 Å². The van der Waals surface area contributed by atoms with Gasteiger partial charge in [-0.25, -0.2) is 0 Å². The quantitative estimate of drug-likeness (QED) is 0.333. The Hall–Kier alpha value is -1.73. The number of ether oxygens (including phenoxy) is 1. The van der Waals surface area contributed by atoms with Crippen molar-refractivity contribution in [3.05, 3.63) is 34.4 Å². The fraction of sp³-hybridized carbons (Fsp3) is 0.500. The summed E-state index contributed by atoms with van der Waals surface area (Å²) < 4.78 is 5.46. The molecular formula is C14H21N3O3S.